The van der Waals surface area contributed by atoms with Crippen molar-refractivity contribution in [1.29, 1.82) is 0 Å². The highest BCUT2D eigenvalue weighted by Crippen LogP contribution is 2.23. The van der Waals surface area contributed by atoms with Crippen molar-refractivity contribution in [1.82, 2.24) is 5.32 Å². The van der Waals surface area contributed by atoms with E-state index < -0.39 is 49.5 Å². The zero-order valence-electron chi connectivity index (χ0n) is 55.8. The molecule has 9 nitrogen and oxygen atoms in total. The maximum atomic E-state index is 13.1. The highest BCUT2D eigenvalue weighted by atomic mass is 16.7. The summed E-state index contributed by atoms with van der Waals surface area (Å²) in [7, 11) is 0. The maximum absolute atomic E-state index is 13.1. The summed E-state index contributed by atoms with van der Waals surface area (Å²) in [5.41, 5.74) is 0. The Hall–Kier alpha value is -2.89. The highest BCUT2D eigenvalue weighted by Gasteiger charge is 2.44. The summed E-state index contributed by atoms with van der Waals surface area (Å²) >= 11 is 0. The molecule has 0 spiro atoms. The number of ether oxygens (including phenoxy) is 2. The lowest BCUT2D eigenvalue weighted by Gasteiger charge is -2.40. The van der Waals surface area contributed by atoms with E-state index in [1.807, 2.05) is 6.08 Å². The van der Waals surface area contributed by atoms with Gasteiger partial charge in [-0.05, 0) is 89.9 Å². The molecule has 0 aromatic carbocycles. The van der Waals surface area contributed by atoms with Crippen LogP contribution in [-0.4, -0.2) is 87.5 Å². The first-order valence-electron chi connectivity index (χ1n) is 36.5. The van der Waals surface area contributed by atoms with Crippen LogP contribution in [0.5, 0.6) is 0 Å². The monoisotopic (exact) mass is 1200 g/mol. The van der Waals surface area contributed by atoms with Crippen LogP contribution in [0.1, 0.15) is 328 Å². The van der Waals surface area contributed by atoms with Gasteiger partial charge in [0.25, 0.3) is 0 Å². The minimum Gasteiger partial charge on any atom is -0.394 e. The van der Waals surface area contributed by atoms with E-state index in [2.05, 4.69) is 104 Å². The summed E-state index contributed by atoms with van der Waals surface area (Å²) in [4.78, 5) is 13.1. The molecule has 1 fully saturated rings. The first-order valence-corrected chi connectivity index (χ1v) is 36.5. The largest absolute Gasteiger partial charge is 0.394 e. The molecule has 0 radical (unpaired) electrons. The van der Waals surface area contributed by atoms with Crippen LogP contribution in [0.15, 0.2) is 97.2 Å². The number of nitrogens with one attached hydrogen (secondary N) is 1. The lowest BCUT2D eigenvalue weighted by molar-refractivity contribution is -0.302. The molecule has 7 atom stereocenters. The summed E-state index contributed by atoms with van der Waals surface area (Å²) in [6, 6.07) is -0.832. The van der Waals surface area contributed by atoms with E-state index in [-0.39, 0.29) is 12.5 Å². The molecule has 0 aliphatic carbocycles. The Morgan fingerprint density at radius 2 is 0.733 bits per heavy atom. The predicted octanol–water partition coefficient (Wildman–Crippen LogP) is 20.3. The first-order chi connectivity index (χ1) is 42.3. The number of hydrogen-bond donors (Lipinski definition) is 6. The van der Waals surface area contributed by atoms with Gasteiger partial charge in [-0.2, -0.15) is 0 Å². The molecule has 0 bridgehead atoms. The van der Waals surface area contributed by atoms with E-state index >= 15 is 0 Å². The van der Waals surface area contributed by atoms with Crippen LogP contribution < -0.4 is 5.32 Å². The van der Waals surface area contributed by atoms with E-state index in [4.69, 9.17) is 9.47 Å². The third kappa shape index (κ3) is 53.0. The summed E-state index contributed by atoms with van der Waals surface area (Å²) in [5, 5.41) is 54.7. The fourth-order valence-corrected chi connectivity index (χ4v) is 11.2. The van der Waals surface area contributed by atoms with Gasteiger partial charge in [0.15, 0.2) is 6.29 Å². The normalized spacial score (nSPS) is 18.6. The molecule has 7 unspecified atom stereocenters. The fraction of sp³-hybridized carbons (Fsp3) is 0.779. The number of amides is 1. The minimum absolute atomic E-state index is 0.187. The van der Waals surface area contributed by atoms with Crippen LogP contribution in [0.4, 0.5) is 0 Å². The standard InChI is InChI=1S/C77H137NO8/c1-3-5-7-9-11-13-15-17-19-21-23-25-27-28-29-30-31-32-33-34-35-36-37-38-39-40-41-42-43-44-45-47-49-51-53-55-57-59-61-63-65-67-73(81)78-70(69-85-77-76(84)75(83)74(82)72(68-79)86-77)71(80)66-64-62-60-58-56-54-52-50-48-46-26-24-22-20-18-16-14-12-10-8-6-4-2/h5,7,11,13,17,19,23,25,28-29,48,50,56,58,64,66,70-72,74-77,79-80,82-84H,3-4,6,8-10,12,14-16,18,20-22,24,26-27,30-47,49,51-55,57,59-63,65,67-69H2,1-2H3,(H,78,81)/b7-5-,13-11-,19-17-,25-23-,29-28-,50-48+,58-56+,66-64+. The second-order valence-electron chi connectivity index (χ2n) is 25.0. The molecule has 1 heterocycles. The quantitative estimate of drug-likeness (QED) is 0.0261. The van der Waals surface area contributed by atoms with Gasteiger partial charge in [0.1, 0.15) is 24.4 Å². The molecule has 0 saturated carbocycles. The molecule has 1 saturated heterocycles. The molecule has 86 heavy (non-hydrogen) atoms. The van der Waals surface area contributed by atoms with Gasteiger partial charge in [-0.25, -0.2) is 0 Å². The van der Waals surface area contributed by atoms with Gasteiger partial charge in [0.05, 0.1) is 25.4 Å². The number of carbonyl (C=O) groups excluding carboxylic acids is 1. The average molecular weight is 1200 g/mol. The van der Waals surface area contributed by atoms with Gasteiger partial charge in [-0.15, -0.1) is 0 Å². The Morgan fingerprint density at radius 1 is 0.407 bits per heavy atom. The van der Waals surface area contributed by atoms with E-state index in [0.717, 1.165) is 77.0 Å². The van der Waals surface area contributed by atoms with Crippen molar-refractivity contribution in [3.05, 3.63) is 97.2 Å². The van der Waals surface area contributed by atoms with Crippen LogP contribution in [-0.2, 0) is 14.3 Å². The molecule has 498 valence electrons. The number of hydrogen-bond acceptors (Lipinski definition) is 8. The highest BCUT2D eigenvalue weighted by molar-refractivity contribution is 5.76. The number of allylic oxidation sites excluding steroid dienone is 15. The van der Waals surface area contributed by atoms with Crippen LogP contribution in [0.2, 0.25) is 0 Å². The third-order valence-corrected chi connectivity index (χ3v) is 16.9. The molecule has 0 aromatic rings. The predicted molar refractivity (Wildman–Crippen MR) is 368 cm³/mol. The second-order valence-corrected chi connectivity index (χ2v) is 25.0. The Kier molecular flexibility index (Phi) is 61.4. The summed E-state index contributed by atoms with van der Waals surface area (Å²) < 4.78 is 11.3. The Bertz CT molecular complexity index is 1680. The van der Waals surface area contributed by atoms with E-state index in [0.29, 0.717) is 6.42 Å². The zero-order chi connectivity index (χ0) is 62.1. The molecular weight excluding hydrogens is 1070 g/mol. The molecule has 1 amide bonds. The number of unbranched alkanes of at least 4 members (excludes halogenated alkanes) is 39. The number of aliphatic hydroxyl groups excluding tert-OH is 5. The van der Waals surface area contributed by atoms with E-state index in [1.54, 1.807) is 6.08 Å². The van der Waals surface area contributed by atoms with Gasteiger partial charge in [-0.3, -0.25) is 4.79 Å². The van der Waals surface area contributed by atoms with Crippen molar-refractivity contribution in [2.24, 2.45) is 0 Å². The van der Waals surface area contributed by atoms with Crippen LogP contribution in [0, 0.1) is 0 Å². The molecule has 1 aliphatic heterocycles. The van der Waals surface area contributed by atoms with Gasteiger partial charge in [-0.1, -0.05) is 329 Å². The van der Waals surface area contributed by atoms with Crippen molar-refractivity contribution in [2.75, 3.05) is 13.2 Å². The smallest absolute Gasteiger partial charge is 0.220 e. The minimum atomic E-state index is -1.58. The van der Waals surface area contributed by atoms with Gasteiger partial charge in [0, 0.05) is 6.42 Å². The van der Waals surface area contributed by atoms with Crippen LogP contribution in [0.25, 0.3) is 0 Å². The maximum Gasteiger partial charge on any atom is 0.220 e. The average Bonchev–Trinajstić information content (AvgIpc) is 2.36. The number of rotatable bonds is 63. The third-order valence-electron chi connectivity index (χ3n) is 16.9. The summed E-state index contributed by atoms with van der Waals surface area (Å²) in [6.07, 6.45) is 88.2. The van der Waals surface area contributed by atoms with Crippen molar-refractivity contribution in [2.45, 2.75) is 371 Å². The van der Waals surface area contributed by atoms with Crippen molar-refractivity contribution in [3.8, 4) is 0 Å². The number of carbonyl (C=O) groups is 1. The molecule has 9 heteroatoms. The topological polar surface area (TPSA) is 149 Å². The van der Waals surface area contributed by atoms with Crippen molar-refractivity contribution in [3.63, 3.8) is 0 Å². The first kappa shape index (κ1) is 81.1. The Morgan fingerprint density at radius 3 is 1.12 bits per heavy atom. The van der Waals surface area contributed by atoms with Gasteiger partial charge < -0.3 is 40.3 Å². The lowest BCUT2D eigenvalue weighted by atomic mass is 9.99. The van der Waals surface area contributed by atoms with Crippen molar-refractivity contribution < 1.29 is 39.8 Å². The molecule has 1 aliphatic rings. The molecule has 1 rings (SSSR count). The lowest BCUT2D eigenvalue weighted by Crippen LogP contribution is -2.60. The summed E-state index contributed by atoms with van der Waals surface area (Å²) in [6.45, 7) is 3.67. The second kappa shape index (κ2) is 65.1. The van der Waals surface area contributed by atoms with Crippen LogP contribution in [0.3, 0.4) is 0 Å². The van der Waals surface area contributed by atoms with Gasteiger partial charge >= 0.3 is 0 Å². The fourth-order valence-electron chi connectivity index (χ4n) is 11.2. The van der Waals surface area contributed by atoms with Crippen molar-refractivity contribution >= 4 is 5.91 Å². The summed E-state index contributed by atoms with van der Waals surface area (Å²) in [5.74, 6) is -0.187. The van der Waals surface area contributed by atoms with E-state index in [1.165, 1.54) is 231 Å². The number of aliphatic hydroxyl groups is 5. The molecule has 6 N–H and O–H groups in total. The SMILES string of the molecule is CC/C=C\C/C=C\C/C=C\C/C=C\C/C=C\CCCCCCCCCCCCCCCCCCCCCCCCCCCC(=O)NC(COC1OC(CO)C(O)C(O)C1O)C(O)/C=C/CC/C=C/CC/C=C/CCCCCCCCCCCCCC. The Labute approximate surface area is 530 Å². The zero-order valence-corrected chi connectivity index (χ0v) is 55.8. The van der Waals surface area contributed by atoms with Gasteiger partial charge in [0.2, 0.25) is 5.91 Å². The van der Waals surface area contributed by atoms with Crippen LogP contribution >= 0.6 is 0 Å². The van der Waals surface area contributed by atoms with E-state index in [9.17, 15) is 30.3 Å². The molecule has 0 aromatic heterocycles. The Balaban J connectivity index is 2.08. The molecular formula is C77H137NO8.